The van der Waals surface area contributed by atoms with Gasteiger partial charge in [0, 0.05) is 39.3 Å². The number of aliphatic carboxylic acids is 1. The van der Waals surface area contributed by atoms with Gasteiger partial charge in [-0.3, -0.25) is 9.80 Å². The van der Waals surface area contributed by atoms with Crippen LogP contribution in [0.4, 0.5) is 0 Å². The van der Waals surface area contributed by atoms with Gasteiger partial charge in [0.15, 0.2) is 5.60 Å². The number of nitrogens with zero attached hydrogens (tertiary/aromatic N) is 2. The summed E-state index contributed by atoms with van der Waals surface area (Å²) in [5.74, 6) is 1.39. The predicted molar refractivity (Wildman–Crippen MR) is 142 cm³/mol. The smallest absolute Gasteiger partial charge is 0.347 e. The van der Waals surface area contributed by atoms with E-state index in [-0.39, 0.29) is 0 Å². The van der Waals surface area contributed by atoms with Gasteiger partial charge in [0.2, 0.25) is 0 Å². The number of hydrogen-bond donors (Lipinski definition) is 1. The average Bonchev–Trinajstić information content (AvgIpc) is 2.84. The number of rotatable bonds is 9. The highest BCUT2D eigenvalue weighted by molar-refractivity contribution is 5.77. The van der Waals surface area contributed by atoms with E-state index in [2.05, 4.69) is 34.1 Å². The summed E-state index contributed by atoms with van der Waals surface area (Å²) < 4.78 is 11.7. The van der Waals surface area contributed by atoms with E-state index >= 15 is 0 Å². The van der Waals surface area contributed by atoms with Crippen molar-refractivity contribution < 1.29 is 19.4 Å². The summed E-state index contributed by atoms with van der Waals surface area (Å²) in [7, 11) is 0. The van der Waals surface area contributed by atoms with Crippen LogP contribution in [-0.4, -0.2) is 52.7 Å². The van der Waals surface area contributed by atoms with E-state index in [1.807, 2.05) is 56.3 Å². The molecule has 1 aliphatic heterocycles. The molecule has 1 heterocycles. The summed E-state index contributed by atoms with van der Waals surface area (Å²) in [6.07, 6.45) is 0. The van der Waals surface area contributed by atoms with Crippen molar-refractivity contribution in [3.8, 4) is 17.2 Å². The molecule has 0 aliphatic carbocycles. The summed E-state index contributed by atoms with van der Waals surface area (Å²) >= 11 is 0. The Bertz CT molecular complexity index is 1140. The van der Waals surface area contributed by atoms with Crippen LogP contribution in [0, 0.1) is 13.8 Å². The molecule has 0 spiro atoms. The van der Waals surface area contributed by atoms with Gasteiger partial charge in [-0.05, 0) is 74.2 Å². The number of carbonyl (C=O) groups is 1. The first kappa shape index (κ1) is 25.7. The van der Waals surface area contributed by atoms with Gasteiger partial charge in [-0.2, -0.15) is 0 Å². The highest BCUT2D eigenvalue weighted by Gasteiger charge is 2.30. The van der Waals surface area contributed by atoms with Crippen molar-refractivity contribution >= 4 is 5.97 Å². The van der Waals surface area contributed by atoms with Crippen molar-refractivity contribution in [2.24, 2.45) is 0 Å². The van der Waals surface area contributed by atoms with Crippen LogP contribution >= 0.6 is 0 Å². The Morgan fingerprint density at radius 1 is 0.806 bits per heavy atom. The van der Waals surface area contributed by atoms with Crippen LogP contribution in [0.25, 0.3) is 0 Å². The average molecular weight is 489 g/mol. The molecule has 0 aromatic heterocycles. The lowest BCUT2D eigenvalue weighted by Crippen LogP contribution is -2.45. The fourth-order valence-corrected chi connectivity index (χ4v) is 4.50. The zero-order chi connectivity index (χ0) is 25.7. The molecule has 1 N–H and O–H groups in total. The molecule has 3 aromatic rings. The Morgan fingerprint density at radius 2 is 1.31 bits per heavy atom. The van der Waals surface area contributed by atoms with Crippen molar-refractivity contribution in [2.75, 3.05) is 26.2 Å². The van der Waals surface area contributed by atoms with E-state index in [4.69, 9.17) is 9.47 Å². The van der Waals surface area contributed by atoms with Crippen molar-refractivity contribution in [3.63, 3.8) is 0 Å². The quantitative estimate of drug-likeness (QED) is 0.420. The highest BCUT2D eigenvalue weighted by Crippen LogP contribution is 2.29. The number of benzene rings is 3. The van der Waals surface area contributed by atoms with Gasteiger partial charge < -0.3 is 14.6 Å². The summed E-state index contributed by atoms with van der Waals surface area (Å²) in [6, 6.07) is 22.4. The van der Waals surface area contributed by atoms with E-state index in [0.717, 1.165) is 61.9 Å². The highest BCUT2D eigenvalue weighted by atomic mass is 16.5. The fourth-order valence-electron chi connectivity index (χ4n) is 4.50. The molecule has 0 unspecified atom stereocenters. The number of carboxylic acid groups (broad SMARTS) is 1. The summed E-state index contributed by atoms with van der Waals surface area (Å²) in [4.78, 5) is 16.4. The van der Waals surface area contributed by atoms with Crippen LogP contribution in [0.2, 0.25) is 0 Å². The standard InChI is InChI=1S/C30H36N2O4/c1-22-18-25(19-23(2)28(22)36-30(3,4)29(33)34)21-32-16-14-31(15-17-32)20-24-10-12-27(13-11-24)35-26-8-6-5-7-9-26/h5-13,18-19H,14-17,20-21H2,1-4H3,(H,33,34). The number of hydrogen-bond acceptors (Lipinski definition) is 5. The molecule has 0 amide bonds. The molecule has 6 heteroatoms. The minimum absolute atomic E-state index is 0.663. The maximum atomic E-state index is 11.5. The molecule has 3 aromatic carbocycles. The summed E-state index contributed by atoms with van der Waals surface area (Å²) in [5.41, 5.74) is 3.20. The van der Waals surface area contributed by atoms with Gasteiger partial charge in [0.25, 0.3) is 0 Å². The lowest BCUT2D eigenvalue weighted by atomic mass is 10.0. The summed E-state index contributed by atoms with van der Waals surface area (Å²) in [5, 5.41) is 9.40. The molecule has 1 saturated heterocycles. The van der Waals surface area contributed by atoms with Crippen molar-refractivity contribution in [2.45, 2.75) is 46.4 Å². The van der Waals surface area contributed by atoms with Crippen LogP contribution in [0.3, 0.4) is 0 Å². The molecule has 36 heavy (non-hydrogen) atoms. The Morgan fingerprint density at radius 3 is 1.83 bits per heavy atom. The molecule has 0 atom stereocenters. The van der Waals surface area contributed by atoms with Crippen molar-refractivity contribution in [3.05, 3.63) is 89.0 Å². The van der Waals surface area contributed by atoms with E-state index in [0.29, 0.717) is 5.75 Å². The lowest BCUT2D eigenvalue weighted by Gasteiger charge is -2.35. The minimum atomic E-state index is -1.26. The van der Waals surface area contributed by atoms with Crippen LogP contribution < -0.4 is 9.47 Å². The molecule has 0 bridgehead atoms. The zero-order valence-corrected chi connectivity index (χ0v) is 21.7. The second-order valence-electron chi connectivity index (χ2n) is 10.1. The topological polar surface area (TPSA) is 62.2 Å². The van der Waals surface area contributed by atoms with E-state index < -0.39 is 11.6 Å². The first-order chi connectivity index (χ1) is 17.2. The van der Waals surface area contributed by atoms with Crippen LogP contribution in [0.1, 0.15) is 36.1 Å². The third-order valence-electron chi connectivity index (χ3n) is 6.57. The number of piperazine rings is 1. The Balaban J connectivity index is 1.27. The normalized spacial score (nSPS) is 15.0. The van der Waals surface area contributed by atoms with Gasteiger partial charge in [0.05, 0.1) is 0 Å². The van der Waals surface area contributed by atoms with Crippen molar-refractivity contribution in [1.29, 1.82) is 0 Å². The van der Waals surface area contributed by atoms with Crippen LogP contribution in [0.15, 0.2) is 66.7 Å². The van der Waals surface area contributed by atoms with Gasteiger partial charge in [-0.1, -0.05) is 42.5 Å². The molecule has 4 rings (SSSR count). The molecular formula is C30H36N2O4. The van der Waals surface area contributed by atoms with Gasteiger partial charge in [0.1, 0.15) is 17.2 Å². The first-order valence-electron chi connectivity index (χ1n) is 12.5. The van der Waals surface area contributed by atoms with Gasteiger partial charge in [-0.15, -0.1) is 0 Å². The maximum absolute atomic E-state index is 11.5. The second kappa shape index (κ2) is 11.1. The van der Waals surface area contributed by atoms with Gasteiger partial charge >= 0.3 is 5.97 Å². The Hall–Kier alpha value is -3.35. The number of aryl methyl sites for hydroxylation is 2. The third-order valence-corrected chi connectivity index (χ3v) is 6.57. The monoisotopic (exact) mass is 488 g/mol. The number of para-hydroxylation sites is 1. The van der Waals surface area contributed by atoms with E-state index in [1.54, 1.807) is 13.8 Å². The van der Waals surface area contributed by atoms with Crippen LogP contribution in [0.5, 0.6) is 17.2 Å². The molecule has 0 radical (unpaired) electrons. The number of ether oxygens (including phenoxy) is 2. The second-order valence-corrected chi connectivity index (χ2v) is 10.1. The largest absolute Gasteiger partial charge is 0.478 e. The molecule has 190 valence electrons. The van der Waals surface area contributed by atoms with E-state index in [9.17, 15) is 9.90 Å². The molecule has 0 saturated carbocycles. The van der Waals surface area contributed by atoms with Crippen molar-refractivity contribution in [1.82, 2.24) is 9.80 Å². The minimum Gasteiger partial charge on any atom is -0.478 e. The molecule has 6 nitrogen and oxygen atoms in total. The first-order valence-corrected chi connectivity index (χ1v) is 12.5. The maximum Gasteiger partial charge on any atom is 0.347 e. The van der Waals surface area contributed by atoms with Crippen LogP contribution in [-0.2, 0) is 17.9 Å². The zero-order valence-electron chi connectivity index (χ0n) is 21.7. The third kappa shape index (κ3) is 6.65. The molecule has 1 aliphatic rings. The predicted octanol–water partition coefficient (Wildman–Crippen LogP) is 5.66. The van der Waals surface area contributed by atoms with E-state index in [1.165, 1.54) is 11.1 Å². The molecular weight excluding hydrogens is 452 g/mol. The fraction of sp³-hybridized carbons (Fsp3) is 0.367. The number of carboxylic acids is 1. The molecule has 1 fully saturated rings. The lowest BCUT2D eigenvalue weighted by molar-refractivity contribution is -0.152. The summed E-state index contributed by atoms with van der Waals surface area (Å²) in [6.45, 7) is 13.0. The SMILES string of the molecule is Cc1cc(CN2CCN(Cc3ccc(Oc4ccccc4)cc3)CC2)cc(C)c1OC(C)(C)C(=O)O. The Kier molecular flexibility index (Phi) is 7.97. The Labute approximate surface area is 214 Å². The van der Waals surface area contributed by atoms with Gasteiger partial charge in [-0.25, -0.2) is 4.79 Å².